The first-order valence-corrected chi connectivity index (χ1v) is 5.57. The van der Waals surface area contributed by atoms with E-state index in [4.69, 9.17) is 16.3 Å². The van der Waals surface area contributed by atoms with E-state index >= 15 is 0 Å². The Balaban J connectivity index is 1.99. The standard InChI is InChI=1S/C11H13ClN2O2/c12-9-3-1-2-4-10(9)16-11(15)14-7-5-13-6-8-14/h1-4,13H,5-8H2. The average Bonchev–Trinajstić information content (AvgIpc) is 2.33. The van der Waals surface area contributed by atoms with Crippen LogP contribution in [0.1, 0.15) is 0 Å². The van der Waals surface area contributed by atoms with Gasteiger partial charge in [0, 0.05) is 26.2 Å². The number of para-hydroxylation sites is 1. The molecule has 0 unspecified atom stereocenters. The van der Waals surface area contributed by atoms with Gasteiger partial charge in [-0.1, -0.05) is 23.7 Å². The van der Waals surface area contributed by atoms with Crippen molar-refractivity contribution < 1.29 is 9.53 Å². The summed E-state index contributed by atoms with van der Waals surface area (Å²) in [6.07, 6.45) is -0.338. The number of ether oxygens (including phenoxy) is 1. The van der Waals surface area contributed by atoms with Crippen molar-refractivity contribution in [1.29, 1.82) is 0 Å². The maximum Gasteiger partial charge on any atom is 0.415 e. The topological polar surface area (TPSA) is 41.6 Å². The number of rotatable bonds is 1. The molecule has 0 radical (unpaired) electrons. The van der Waals surface area contributed by atoms with E-state index in [9.17, 15) is 4.79 Å². The number of piperazine rings is 1. The molecular formula is C11H13ClN2O2. The first-order valence-electron chi connectivity index (χ1n) is 5.19. The summed E-state index contributed by atoms with van der Waals surface area (Å²) in [7, 11) is 0. The molecule has 86 valence electrons. The first kappa shape index (κ1) is 11.2. The van der Waals surface area contributed by atoms with Gasteiger partial charge in [-0.15, -0.1) is 0 Å². The molecule has 5 heteroatoms. The molecule has 1 aromatic rings. The van der Waals surface area contributed by atoms with E-state index in [0.717, 1.165) is 13.1 Å². The number of halogens is 1. The monoisotopic (exact) mass is 240 g/mol. The van der Waals surface area contributed by atoms with Gasteiger partial charge in [0.05, 0.1) is 5.02 Å². The highest BCUT2D eigenvalue weighted by Gasteiger charge is 2.18. The molecule has 1 heterocycles. The molecule has 16 heavy (non-hydrogen) atoms. The molecule has 2 rings (SSSR count). The van der Waals surface area contributed by atoms with Crippen LogP contribution in [0.4, 0.5) is 4.79 Å². The number of hydrogen-bond acceptors (Lipinski definition) is 3. The first-order chi connectivity index (χ1) is 7.77. The third-order valence-electron chi connectivity index (χ3n) is 2.41. The Morgan fingerprint density at radius 1 is 1.31 bits per heavy atom. The second-order valence-electron chi connectivity index (χ2n) is 3.54. The molecule has 1 amide bonds. The molecule has 1 N–H and O–H groups in total. The van der Waals surface area contributed by atoms with Crippen LogP contribution in [0, 0.1) is 0 Å². The Labute approximate surface area is 99.1 Å². The third-order valence-corrected chi connectivity index (χ3v) is 2.72. The van der Waals surface area contributed by atoms with E-state index in [-0.39, 0.29) is 6.09 Å². The molecule has 0 saturated carbocycles. The van der Waals surface area contributed by atoms with Crippen LogP contribution in [0.2, 0.25) is 5.02 Å². The summed E-state index contributed by atoms with van der Waals surface area (Å²) in [6.45, 7) is 2.95. The summed E-state index contributed by atoms with van der Waals surface area (Å²) in [5.74, 6) is 0.410. The van der Waals surface area contributed by atoms with Crippen molar-refractivity contribution in [2.24, 2.45) is 0 Å². The van der Waals surface area contributed by atoms with Gasteiger partial charge in [0.1, 0.15) is 0 Å². The zero-order chi connectivity index (χ0) is 11.4. The van der Waals surface area contributed by atoms with Crippen LogP contribution in [0.15, 0.2) is 24.3 Å². The highest BCUT2D eigenvalue weighted by atomic mass is 35.5. The molecule has 4 nitrogen and oxygen atoms in total. The number of amides is 1. The van der Waals surface area contributed by atoms with Crippen LogP contribution in [0.3, 0.4) is 0 Å². The average molecular weight is 241 g/mol. The number of hydrogen-bond donors (Lipinski definition) is 1. The van der Waals surface area contributed by atoms with E-state index in [2.05, 4.69) is 5.32 Å². The summed E-state index contributed by atoms with van der Waals surface area (Å²) in [4.78, 5) is 13.4. The van der Waals surface area contributed by atoms with E-state index < -0.39 is 0 Å². The SMILES string of the molecule is O=C(Oc1ccccc1Cl)N1CCNCC1. The lowest BCUT2D eigenvalue weighted by Crippen LogP contribution is -2.47. The highest BCUT2D eigenvalue weighted by Crippen LogP contribution is 2.23. The molecule has 1 fully saturated rings. The van der Waals surface area contributed by atoms with E-state index in [1.165, 1.54) is 0 Å². The lowest BCUT2D eigenvalue weighted by Gasteiger charge is -2.26. The summed E-state index contributed by atoms with van der Waals surface area (Å²) >= 11 is 5.90. The molecule has 0 spiro atoms. The van der Waals surface area contributed by atoms with Crippen LogP contribution in [-0.2, 0) is 0 Å². The Kier molecular flexibility index (Phi) is 3.64. The Bertz CT molecular complexity index is 378. The van der Waals surface area contributed by atoms with E-state index in [1.54, 1.807) is 29.2 Å². The fourth-order valence-electron chi connectivity index (χ4n) is 1.53. The molecule has 1 aliphatic rings. The normalized spacial score (nSPS) is 15.9. The van der Waals surface area contributed by atoms with Gasteiger partial charge in [-0.3, -0.25) is 0 Å². The lowest BCUT2D eigenvalue weighted by molar-refractivity contribution is 0.146. The maximum absolute atomic E-state index is 11.7. The number of nitrogens with zero attached hydrogens (tertiary/aromatic N) is 1. The highest BCUT2D eigenvalue weighted by molar-refractivity contribution is 6.32. The largest absolute Gasteiger partial charge is 0.415 e. The van der Waals surface area contributed by atoms with Crippen LogP contribution in [0.5, 0.6) is 5.75 Å². The zero-order valence-electron chi connectivity index (χ0n) is 8.78. The molecule has 0 aliphatic carbocycles. The van der Waals surface area contributed by atoms with Crippen LogP contribution in [-0.4, -0.2) is 37.2 Å². The van der Waals surface area contributed by atoms with Crippen molar-refractivity contribution in [3.8, 4) is 5.75 Å². The smallest absolute Gasteiger partial charge is 0.409 e. The fraction of sp³-hybridized carbons (Fsp3) is 0.364. The summed E-state index contributed by atoms with van der Waals surface area (Å²) in [5.41, 5.74) is 0. The minimum Gasteiger partial charge on any atom is -0.409 e. The molecule has 1 saturated heterocycles. The number of carbonyl (C=O) groups is 1. The van der Waals surface area contributed by atoms with E-state index in [1.807, 2.05) is 0 Å². The molecule has 0 atom stereocenters. The van der Waals surface area contributed by atoms with Crippen molar-refractivity contribution in [3.63, 3.8) is 0 Å². The van der Waals surface area contributed by atoms with Crippen LogP contribution < -0.4 is 10.1 Å². The maximum atomic E-state index is 11.7. The summed E-state index contributed by atoms with van der Waals surface area (Å²) in [5, 5.41) is 3.62. The molecule has 0 bridgehead atoms. The van der Waals surface area contributed by atoms with Gasteiger partial charge >= 0.3 is 6.09 Å². The second-order valence-corrected chi connectivity index (χ2v) is 3.94. The van der Waals surface area contributed by atoms with Gasteiger partial charge in [0.2, 0.25) is 0 Å². The van der Waals surface area contributed by atoms with Crippen LogP contribution >= 0.6 is 11.6 Å². The fourth-order valence-corrected chi connectivity index (χ4v) is 1.71. The summed E-state index contributed by atoms with van der Waals surface area (Å²) in [6, 6.07) is 6.96. The van der Waals surface area contributed by atoms with Crippen molar-refractivity contribution in [2.45, 2.75) is 0 Å². The third kappa shape index (κ3) is 2.65. The molecular weight excluding hydrogens is 228 g/mol. The Hall–Kier alpha value is -1.26. The number of carbonyl (C=O) groups excluding carboxylic acids is 1. The predicted octanol–water partition coefficient (Wildman–Crippen LogP) is 1.74. The van der Waals surface area contributed by atoms with E-state index in [0.29, 0.717) is 23.9 Å². The van der Waals surface area contributed by atoms with Gasteiger partial charge in [-0.05, 0) is 12.1 Å². The molecule has 1 aliphatic heterocycles. The van der Waals surface area contributed by atoms with Crippen LogP contribution in [0.25, 0.3) is 0 Å². The van der Waals surface area contributed by atoms with Gasteiger partial charge in [0.25, 0.3) is 0 Å². The molecule has 1 aromatic carbocycles. The van der Waals surface area contributed by atoms with Crippen molar-refractivity contribution in [2.75, 3.05) is 26.2 Å². The number of benzene rings is 1. The molecule has 0 aromatic heterocycles. The predicted molar refractivity (Wildman–Crippen MR) is 61.9 cm³/mol. The second kappa shape index (κ2) is 5.18. The van der Waals surface area contributed by atoms with Gasteiger partial charge < -0.3 is 15.0 Å². The Morgan fingerprint density at radius 3 is 2.69 bits per heavy atom. The Morgan fingerprint density at radius 2 is 2.00 bits per heavy atom. The quantitative estimate of drug-likeness (QED) is 0.813. The van der Waals surface area contributed by atoms with Gasteiger partial charge in [0.15, 0.2) is 5.75 Å². The minimum atomic E-state index is -0.338. The summed E-state index contributed by atoms with van der Waals surface area (Å²) < 4.78 is 5.21. The minimum absolute atomic E-state index is 0.338. The van der Waals surface area contributed by atoms with Gasteiger partial charge in [-0.25, -0.2) is 4.79 Å². The zero-order valence-corrected chi connectivity index (χ0v) is 9.54. The lowest BCUT2D eigenvalue weighted by atomic mass is 10.3. The van der Waals surface area contributed by atoms with Gasteiger partial charge in [-0.2, -0.15) is 0 Å². The van der Waals surface area contributed by atoms with Crippen molar-refractivity contribution in [1.82, 2.24) is 10.2 Å². The number of nitrogens with one attached hydrogen (secondary N) is 1. The van der Waals surface area contributed by atoms with Crippen molar-refractivity contribution in [3.05, 3.63) is 29.3 Å². The van der Waals surface area contributed by atoms with Crippen molar-refractivity contribution >= 4 is 17.7 Å².